The van der Waals surface area contributed by atoms with Crippen LogP contribution in [-0.2, 0) is 0 Å². The van der Waals surface area contributed by atoms with Crippen LogP contribution in [0.4, 0.5) is 17.2 Å². The Kier molecular flexibility index (Phi) is 8.90. The molecule has 33 heavy (non-hydrogen) atoms. The van der Waals surface area contributed by atoms with Crippen LogP contribution in [0.15, 0.2) is 67.1 Å². The van der Waals surface area contributed by atoms with E-state index < -0.39 is 0 Å². The topological polar surface area (TPSA) is 99.2 Å². The minimum absolute atomic E-state index is 0.101. The Hall–Kier alpha value is -3.78. The van der Waals surface area contributed by atoms with Crippen LogP contribution < -0.4 is 16.0 Å². The first-order valence-electron chi connectivity index (χ1n) is 11.1. The number of aromatic nitrogens is 2. The Morgan fingerprint density at radius 3 is 2.18 bits per heavy atom. The van der Waals surface area contributed by atoms with Gasteiger partial charge in [0.2, 0.25) is 0 Å². The first-order chi connectivity index (χ1) is 16.1. The maximum absolute atomic E-state index is 12.5. The molecule has 0 unspecified atom stereocenters. The third kappa shape index (κ3) is 7.40. The summed E-state index contributed by atoms with van der Waals surface area (Å²) in [4.78, 5) is 35.2. The van der Waals surface area contributed by atoms with Gasteiger partial charge in [0.15, 0.2) is 0 Å². The van der Waals surface area contributed by atoms with Gasteiger partial charge in [0.25, 0.3) is 11.8 Å². The number of hydrogen-bond acceptors (Lipinski definition) is 6. The Balaban J connectivity index is 1.58. The highest BCUT2D eigenvalue weighted by Gasteiger charge is 2.09. The van der Waals surface area contributed by atoms with E-state index in [0.717, 1.165) is 37.4 Å². The molecule has 0 aliphatic heterocycles. The van der Waals surface area contributed by atoms with Crippen molar-refractivity contribution in [3.63, 3.8) is 0 Å². The molecule has 3 N–H and O–H groups in total. The van der Waals surface area contributed by atoms with E-state index in [4.69, 9.17) is 0 Å². The molecule has 0 atom stereocenters. The molecule has 0 radical (unpaired) electrons. The van der Waals surface area contributed by atoms with Gasteiger partial charge in [0.05, 0.1) is 0 Å². The van der Waals surface area contributed by atoms with Crippen LogP contribution >= 0.6 is 0 Å². The van der Waals surface area contributed by atoms with Gasteiger partial charge in [-0.15, -0.1) is 0 Å². The fourth-order valence-corrected chi connectivity index (χ4v) is 3.34. The van der Waals surface area contributed by atoms with Crippen molar-refractivity contribution in [1.82, 2.24) is 20.2 Å². The molecule has 2 aromatic carbocycles. The van der Waals surface area contributed by atoms with E-state index in [1.807, 2.05) is 18.2 Å². The van der Waals surface area contributed by atoms with Crippen molar-refractivity contribution in [3.8, 4) is 0 Å². The highest BCUT2D eigenvalue weighted by atomic mass is 16.2. The average Bonchev–Trinajstić information content (AvgIpc) is 2.85. The van der Waals surface area contributed by atoms with Gasteiger partial charge < -0.3 is 20.9 Å². The van der Waals surface area contributed by atoms with Crippen LogP contribution in [0.2, 0.25) is 0 Å². The molecular weight excluding hydrogens is 416 g/mol. The minimum atomic E-state index is -0.268. The van der Waals surface area contributed by atoms with Crippen molar-refractivity contribution in [1.29, 1.82) is 0 Å². The molecule has 0 fully saturated rings. The van der Waals surface area contributed by atoms with Crippen molar-refractivity contribution in [2.45, 2.75) is 20.3 Å². The zero-order valence-corrected chi connectivity index (χ0v) is 19.0. The summed E-state index contributed by atoms with van der Waals surface area (Å²) in [5.74, 6) is 0.0653. The van der Waals surface area contributed by atoms with Gasteiger partial charge in [-0.1, -0.05) is 26.0 Å². The summed E-state index contributed by atoms with van der Waals surface area (Å²) in [7, 11) is 0. The van der Waals surface area contributed by atoms with Crippen molar-refractivity contribution in [2.75, 3.05) is 36.8 Å². The Bertz CT molecular complexity index is 1050. The first-order valence-corrected chi connectivity index (χ1v) is 11.1. The van der Waals surface area contributed by atoms with Crippen LogP contribution in [0.25, 0.3) is 0 Å². The minimum Gasteiger partial charge on any atom is -0.355 e. The summed E-state index contributed by atoms with van der Waals surface area (Å²) < 4.78 is 0. The number of anilines is 3. The van der Waals surface area contributed by atoms with Gasteiger partial charge >= 0.3 is 0 Å². The molecule has 3 aromatic rings. The number of nitrogens with zero attached hydrogens (tertiary/aromatic N) is 3. The zero-order valence-electron chi connectivity index (χ0n) is 19.0. The number of rotatable bonds is 11. The zero-order chi connectivity index (χ0) is 23.5. The molecule has 0 saturated carbocycles. The van der Waals surface area contributed by atoms with Gasteiger partial charge in [-0.05, 0) is 68.5 Å². The highest BCUT2D eigenvalue weighted by molar-refractivity contribution is 6.04. The maximum atomic E-state index is 12.5. The largest absolute Gasteiger partial charge is 0.355 e. The standard InChI is InChI=1S/C25H30N6O2/c1-3-31(4-2)15-7-13-27-24(32)19-8-5-10-21(16-19)29-22-11-6-9-20(17-22)25(33)30-23-12-14-26-18-28-23/h5-6,8-12,14,16-18,29H,3-4,7,13,15H2,1-2H3,(H,27,32)(H,26,28,30,33). The Labute approximate surface area is 194 Å². The SMILES string of the molecule is CCN(CC)CCCNC(=O)c1cccc(Nc2cccc(C(=O)Nc3ccncn3)c2)c1. The van der Waals surface area contributed by atoms with Crippen LogP contribution in [0, 0.1) is 0 Å². The normalized spacial score (nSPS) is 10.6. The number of carbonyl (C=O) groups excluding carboxylic acids is 2. The molecule has 0 saturated heterocycles. The van der Waals surface area contributed by atoms with Crippen LogP contribution in [0.3, 0.4) is 0 Å². The highest BCUT2D eigenvalue weighted by Crippen LogP contribution is 2.19. The van der Waals surface area contributed by atoms with Crippen molar-refractivity contribution in [3.05, 3.63) is 78.2 Å². The fourth-order valence-electron chi connectivity index (χ4n) is 3.34. The van der Waals surface area contributed by atoms with Crippen LogP contribution in [0.5, 0.6) is 0 Å². The monoisotopic (exact) mass is 446 g/mol. The van der Waals surface area contributed by atoms with E-state index in [1.165, 1.54) is 6.33 Å². The van der Waals surface area contributed by atoms with Crippen LogP contribution in [0.1, 0.15) is 41.0 Å². The van der Waals surface area contributed by atoms with Gasteiger partial charge in [0, 0.05) is 35.2 Å². The molecule has 8 nitrogen and oxygen atoms in total. The van der Waals surface area contributed by atoms with Crippen LogP contribution in [-0.4, -0.2) is 52.9 Å². The summed E-state index contributed by atoms with van der Waals surface area (Å²) in [6, 6.07) is 16.1. The van der Waals surface area contributed by atoms with Crippen molar-refractivity contribution in [2.24, 2.45) is 0 Å². The predicted molar refractivity (Wildman–Crippen MR) is 131 cm³/mol. The van der Waals surface area contributed by atoms with E-state index in [-0.39, 0.29) is 11.8 Å². The molecule has 8 heteroatoms. The molecular formula is C25H30N6O2. The van der Waals surface area contributed by atoms with Crippen molar-refractivity contribution >= 4 is 29.0 Å². The third-order valence-corrected chi connectivity index (χ3v) is 5.19. The summed E-state index contributed by atoms with van der Waals surface area (Å²) in [6.45, 7) is 7.91. The van der Waals surface area contributed by atoms with E-state index in [1.54, 1.807) is 42.6 Å². The smallest absolute Gasteiger partial charge is 0.256 e. The summed E-state index contributed by atoms with van der Waals surface area (Å²) in [5.41, 5.74) is 2.57. The van der Waals surface area contributed by atoms with Crippen molar-refractivity contribution < 1.29 is 9.59 Å². The second-order valence-corrected chi connectivity index (χ2v) is 7.47. The van der Waals surface area contributed by atoms with E-state index in [0.29, 0.717) is 23.5 Å². The van der Waals surface area contributed by atoms with E-state index in [2.05, 4.69) is 44.7 Å². The molecule has 0 aliphatic rings. The average molecular weight is 447 g/mol. The Morgan fingerprint density at radius 1 is 0.909 bits per heavy atom. The lowest BCUT2D eigenvalue weighted by atomic mass is 10.1. The predicted octanol–water partition coefficient (Wildman–Crippen LogP) is 3.93. The molecule has 0 aliphatic carbocycles. The molecule has 1 heterocycles. The summed E-state index contributed by atoms with van der Waals surface area (Å²) >= 11 is 0. The van der Waals surface area contributed by atoms with Gasteiger partial charge in [-0.2, -0.15) is 0 Å². The molecule has 2 amide bonds. The van der Waals surface area contributed by atoms with E-state index in [9.17, 15) is 9.59 Å². The van der Waals surface area contributed by atoms with Gasteiger partial charge in [-0.25, -0.2) is 9.97 Å². The molecule has 3 rings (SSSR count). The Morgan fingerprint density at radius 2 is 1.58 bits per heavy atom. The van der Waals surface area contributed by atoms with E-state index >= 15 is 0 Å². The second kappa shape index (κ2) is 12.3. The number of nitrogens with one attached hydrogen (secondary N) is 3. The van der Waals surface area contributed by atoms with Gasteiger partial charge in [-0.3, -0.25) is 9.59 Å². The van der Waals surface area contributed by atoms with Gasteiger partial charge in [0.1, 0.15) is 12.1 Å². The lowest BCUT2D eigenvalue weighted by Crippen LogP contribution is -2.29. The molecule has 1 aromatic heterocycles. The summed E-state index contributed by atoms with van der Waals surface area (Å²) in [5, 5.41) is 8.99. The number of benzene rings is 2. The number of carbonyl (C=O) groups is 2. The second-order valence-electron chi connectivity index (χ2n) is 7.47. The lowest BCUT2D eigenvalue weighted by Gasteiger charge is -2.17. The number of hydrogen-bond donors (Lipinski definition) is 3. The quantitative estimate of drug-likeness (QED) is 0.386. The molecule has 0 bridgehead atoms. The summed E-state index contributed by atoms with van der Waals surface area (Å²) in [6.07, 6.45) is 3.85. The maximum Gasteiger partial charge on any atom is 0.256 e. The lowest BCUT2D eigenvalue weighted by molar-refractivity contribution is 0.0951. The molecule has 0 spiro atoms. The first kappa shape index (κ1) is 23.9. The number of amides is 2. The fraction of sp³-hybridized carbons (Fsp3) is 0.280. The molecule has 172 valence electrons. The third-order valence-electron chi connectivity index (χ3n) is 5.19.